The van der Waals surface area contributed by atoms with Crippen molar-refractivity contribution in [3.63, 3.8) is 0 Å². The Bertz CT molecular complexity index is 461. The molecular formula is C12H15F3N2O2. The van der Waals surface area contributed by atoms with Gasteiger partial charge in [0.1, 0.15) is 12.7 Å². The second-order valence-corrected chi connectivity index (χ2v) is 4.13. The zero-order chi connectivity index (χ0) is 14.6. The summed E-state index contributed by atoms with van der Waals surface area (Å²) in [4.78, 5) is 11.6. The van der Waals surface area contributed by atoms with Gasteiger partial charge in [-0.3, -0.25) is 4.79 Å². The first-order valence-electron chi connectivity index (χ1n) is 5.54. The number of carbonyl (C=O) groups excluding carboxylic acids is 1. The van der Waals surface area contributed by atoms with Crippen molar-refractivity contribution in [3.05, 3.63) is 23.8 Å². The highest BCUT2D eigenvalue weighted by molar-refractivity contribution is 5.95. The van der Waals surface area contributed by atoms with Crippen LogP contribution in [-0.2, 0) is 9.53 Å². The van der Waals surface area contributed by atoms with Gasteiger partial charge >= 0.3 is 6.18 Å². The summed E-state index contributed by atoms with van der Waals surface area (Å²) in [5.41, 5.74) is 7.22. The molecule has 0 heterocycles. The molecule has 0 spiro atoms. The number of nitrogens with two attached hydrogens (primary N) is 1. The van der Waals surface area contributed by atoms with Gasteiger partial charge in [-0.2, -0.15) is 13.2 Å². The van der Waals surface area contributed by atoms with Crippen LogP contribution in [0.5, 0.6) is 0 Å². The maximum atomic E-state index is 12.0. The van der Waals surface area contributed by atoms with E-state index in [2.05, 4.69) is 10.1 Å². The van der Waals surface area contributed by atoms with Crippen LogP contribution in [0.25, 0.3) is 0 Å². The lowest BCUT2D eigenvalue weighted by molar-refractivity contribution is -0.184. The Morgan fingerprint density at radius 3 is 2.68 bits per heavy atom. The predicted octanol–water partition coefficient (Wildman–Crippen LogP) is 2.48. The predicted molar refractivity (Wildman–Crippen MR) is 65.7 cm³/mol. The number of halogens is 3. The molecule has 7 heteroatoms. The number of hydrogen-bond acceptors (Lipinski definition) is 3. The average molecular weight is 276 g/mol. The molecule has 1 rings (SSSR count). The number of benzene rings is 1. The summed E-state index contributed by atoms with van der Waals surface area (Å²) in [5, 5.41) is 2.48. The van der Waals surface area contributed by atoms with Crippen molar-refractivity contribution in [2.45, 2.75) is 26.1 Å². The molecule has 0 aliphatic carbocycles. The van der Waals surface area contributed by atoms with Crippen LogP contribution in [0.3, 0.4) is 0 Å². The van der Waals surface area contributed by atoms with Crippen molar-refractivity contribution < 1.29 is 22.7 Å². The van der Waals surface area contributed by atoms with E-state index in [1.54, 1.807) is 19.1 Å². The van der Waals surface area contributed by atoms with Gasteiger partial charge in [0.05, 0.1) is 0 Å². The number of hydrogen-bond donors (Lipinski definition) is 2. The molecule has 1 aromatic rings. The fourth-order valence-corrected chi connectivity index (χ4v) is 1.30. The molecule has 0 radical (unpaired) electrons. The highest BCUT2D eigenvalue weighted by Crippen LogP contribution is 2.19. The maximum Gasteiger partial charge on any atom is 0.411 e. The Hall–Kier alpha value is -1.76. The summed E-state index contributed by atoms with van der Waals surface area (Å²) in [6.45, 7) is 1.54. The topological polar surface area (TPSA) is 64.3 Å². The molecule has 0 bridgehead atoms. The third-order valence-electron chi connectivity index (χ3n) is 2.39. The van der Waals surface area contributed by atoms with Gasteiger partial charge in [0.25, 0.3) is 5.91 Å². The number of rotatable bonds is 4. The van der Waals surface area contributed by atoms with Crippen molar-refractivity contribution in [1.29, 1.82) is 0 Å². The molecule has 1 amide bonds. The molecule has 0 aliphatic heterocycles. The number of alkyl halides is 3. The van der Waals surface area contributed by atoms with E-state index < -0.39 is 24.8 Å². The highest BCUT2D eigenvalue weighted by Gasteiger charge is 2.29. The lowest BCUT2D eigenvalue weighted by atomic mass is 10.2. The molecule has 0 aliphatic rings. The molecule has 0 aromatic heterocycles. The SMILES string of the molecule is Cc1ccc(N)cc1NC(=O)C(C)OCC(F)(F)F. The summed E-state index contributed by atoms with van der Waals surface area (Å²) < 4.78 is 40.3. The molecule has 1 aromatic carbocycles. The van der Waals surface area contributed by atoms with Crippen LogP contribution in [-0.4, -0.2) is 24.8 Å². The monoisotopic (exact) mass is 276 g/mol. The first-order chi connectivity index (χ1) is 8.69. The Morgan fingerprint density at radius 1 is 1.47 bits per heavy atom. The maximum absolute atomic E-state index is 12.0. The van der Waals surface area contributed by atoms with E-state index in [1.807, 2.05) is 0 Å². The van der Waals surface area contributed by atoms with Crippen LogP contribution in [0.15, 0.2) is 18.2 Å². The summed E-state index contributed by atoms with van der Waals surface area (Å²) in [6, 6.07) is 4.89. The summed E-state index contributed by atoms with van der Waals surface area (Å²) >= 11 is 0. The Balaban J connectivity index is 2.61. The van der Waals surface area contributed by atoms with Gasteiger partial charge in [-0.15, -0.1) is 0 Å². The molecule has 19 heavy (non-hydrogen) atoms. The van der Waals surface area contributed by atoms with Crippen LogP contribution in [0, 0.1) is 6.92 Å². The van der Waals surface area contributed by atoms with E-state index in [4.69, 9.17) is 5.73 Å². The number of aryl methyl sites for hydroxylation is 1. The minimum absolute atomic E-state index is 0.449. The number of nitrogen functional groups attached to an aromatic ring is 1. The molecule has 0 fully saturated rings. The van der Waals surface area contributed by atoms with Gasteiger partial charge in [0, 0.05) is 11.4 Å². The van der Waals surface area contributed by atoms with E-state index in [1.165, 1.54) is 13.0 Å². The van der Waals surface area contributed by atoms with E-state index >= 15 is 0 Å². The Kier molecular flexibility index (Phi) is 4.77. The third-order valence-corrected chi connectivity index (χ3v) is 2.39. The van der Waals surface area contributed by atoms with E-state index in [0.29, 0.717) is 11.4 Å². The number of anilines is 2. The minimum Gasteiger partial charge on any atom is -0.399 e. The van der Waals surface area contributed by atoms with Crippen molar-refractivity contribution in [1.82, 2.24) is 0 Å². The third kappa shape index (κ3) is 5.17. The molecule has 106 valence electrons. The highest BCUT2D eigenvalue weighted by atomic mass is 19.4. The number of nitrogens with one attached hydrogen (secondary N) is 1. The summed E-state index contributed by atoms with van der Waals surface area (Å²) in [7, 11) is 0. The zero-order valence-electron chi connectivity index (χ0n) is 10.5. The molecule has 3 N–H and O–H groups in total. The van der Waals surface area contributed by atoms with Crippen molar-refractivity contribution in [2.24, 2.45) is 0 Å². The first kappa shape index (κ1) is 15.3. The van der Waals surface area contributed by atoms with Crippen LogP contribution in [0.2, 0.25) is 0 Å². The van der Waals surface area contributed by atoms with Gasteiger partial charge in [-0.05, 0) is 31.5 Å². The average Bonchev–Trinajstić information content (AvgIpc) is 2.29. The quantitative estimate of drug-likeness (QED) is 0.830. The zero-order valence-corrected chi connectivity index (χ0v) is 10.5. The standard InChI is InChI=1S/C12H15F3N2O2/c1-7-3-4-9(16)5-10(7)17-11(18)8(2)19-6-12(13,14)15/h3-5,8H,6,16H2,1-2H3,(H,17,18). The van der Waals surface area contributed by atoms with Gasteiger partial charge in [-0.25, -0.2) is 0 Å². The van der Waals surface area contributed by atoms with Crippen LogP contribution in [0.1, 0.15) is 12.5 Å². The fourth-order valence-electron chi connectivity index (χ4n) is 1.30. The molecular weight excluding hydrogens is 261 g/mol. The van der Waals surface area contributed by atoms with Crippen LogP contribution in [0.4, 0.5) is 24.5 Å². The van der Waals surface area contributed by atoms with Gasteiger partial charge in [0.15, 0.2) is 0 Å². The number of carbonyl (C=O) groups is 1. The smallest absolute Gasteiger partial charge is 0.399 e. The van der Waals surface area contributed by atoms with E-state index in [-0.39, 0.29) is 0 Å². The molecule has 1 unspecified atom stereocenters. The lowest BCUT2D eigenvalue weighted by Gasteiger charge is -2.16. The Labute approximate surface area is 108 Å². The van der Waals surface area contributed by atoms with Crippen molar-refractivity contribution in [3.8, 4) is 0 Å². The second kappa shape index (κ2) is 5.92. The van der Waals surface area contributed by atoms with Crippen LogP contribution >= 0.6 is 0 Å². The van der Waals surface area contributed by atoms with E-state index in [9.17, 15) is 18.0 Å². The van der Waals surface area contributed by atoms with Crippen molar-refractivity contribution in [2.75, 3.05) is 17.7 Å². The molecule has 1 atom stereocenters. The lowest BCUT2D eigenvalue weighted by Crippen LogP contribution is -2.31. The molecule has 4 nitrogen and oxygen atoms in total. The molecule has 0 saturated heterocycles. The summed E-state index contributed by atoms with van der Waals surface area (Å²) in [5.74, 6) is -0.655. The van der Waals surface area contributed by atoms with Crippen molar-refractivity contribution >= 4 is 17.3 Å². The van der Waals surface area contributed by atoms with Gasteiger partial charge < -0.3 is 15.8 Å². The molecule has 0 saturated carbocycles. The first-order valence-corrected chi connectivity index (χ1v) is 5.54. The fraction of sp³-hybridized carbons (Fsp3) is 0.417. The number of amides is 1. The van der Waals surface area contributed by atoms with Gasteiger partial charge in [0.2, 0.25) is 0 Å². The van der Waals surface area contributed by atoms with Gasteiger partial charge in [-0.1, -0.05) is 6.07 Å². The normalized spacial score (nSPS) is 13.1. The largest absolute Gasteiger partial charge is 0.411 e. The minimum atomic E-state index is -4.46. The summed E-state index contributed by atoms with van der Waals surface area (Å²) in [6.07, 6.45) is -5.66. The second-order valence-electron chi connectivity index (χ2n) is 4.13. The Morgan fingerprint density at radius 2 is 2.11 bits per heavy atom. The van der Waals surface area contributed by atoms with E-state index in [0.717, 1.165) is 5.56 Å². The number of ether oxygens (including phenoxy) is 1. The van der Waals surface area contributed by atoms with Crippen LogP contribution < -0.4 is 11.1 Å².